The third-order valence-electron chi connectivity index (χ3n) is 6.94. The highest BCUT2D eigenvalue weighted by molar-refractivity contribution is 7.89. The van der Waals surface area contributed by atoms with Gasteiger partial charge in [-0.25, -0.2) is 22.9 Å². The van der Waals surface area contributed by atoms with E-state index in [-0.39, 0.29) is 10.6 Å². The second-order valence-corrected chi connectivity index (χ2v) is 11.1. The first kappa shape index (κ1) is 24.0. The van der Waals surface area contributed by atoms with E-state index in [1.807, 2.05) is 59.4 Å². The third-order valence-corrected chi connectivity index (χ3v) is 8.35. The first-order valence-corrected chi connectivity index (χ1v) is 13.6. The van der Waals surface area contributed by atoms with E-state index < -0.39 is 10.0 Å². The quantitative estimate of drug-likeness (QED) is 0.359. The lowest BCUT2D eigenvalue weighted by Crippen LogP contribution is -2.19. The van der Waals surface area contributed by atoms with E-state index in [2.05, 4.69) is 21.4 Å². The third kappa shape index (κ3) is 3.85. The Morgan fingerprint density at radius 2 is 1.63 bits per heavy atom. The van der Waals surface area contributed by atoms with Crippen LogP contribution in [0, 0.1) is 0 Å². The molecule has 0 aliphatic rings. The smallest absolute Gasteiger partial charge is 0.328 e. The number of nitrogens with zero attached hydrogens (tertiary/aromatic N) is 5. The van der Waals surface area contributed by atoms with Gasteiger partial charge in [-0.15, -0.1) is 0 Å². The van der Waals surface area contributed by atoms with Gasteiger partial charge >= 0.3 is 5.69 Å². The van der Waals surface area contributed by atoms with Crippen LogP contribution in [0.2, 0.25) is 0 Å². The van der Waals surface area contributed by atoms with Gasteiger partial charge in [0.2, 0.25) is 10.0 Å². The molecule has 0 radical (unpaired) electrons. The molecule has 38 heavy (non-hydrogen) atoms. The van der Waals surface area contributed by atoms with Crippen molar-refractivity contribution in [3.05, 3.63) is 101 Å². The van der Waals surface area contributed by atoms with E-state index in [1.165, 1.54) is 12.6 Å². The Kier molecular flexibility index (Phi) is 5.59. The van der Waals surface area contributed by atoms with Gasteiger partial charge in [-0.05, 0) is 55.1 Å². The second kappa shape index (κ2) is 8.86. The number of nitrogens with one attached hydrogen (secondary N) is 1. The van der Waals surface area contributed by atoms with Gasteiger partial charge in [-0.3, -0.25) is 13.7 Å². The number of aromatic nitrogens is 5. The molecule has 3 aromatic carbocycles. The van der Waals surface area contributed by atoms with Gasteiger partial charge in [0.1, 0.15) is 5.82 Å². The predicted molar refractivity (Wildman–Crippen MR) is 148 cm³/mol. The first-order valence-electron chi connectivity index (χ1n) is 12.1. The number of fused-ring (bicyclic) bond motifs is 2. The standard InChI is InChI=1S/C28H26N6O3S/c1-29-38(36,37)22-10-11-23-25(16-22)34(21-9-12-24-26(15-21)32(3)28(35)31(24)2)27(30-23)20-13-14-33(18-20)17-19-7-5-4-6-8-19/h4-16,18,29H,17H2,1-3H3. The molecule has 10 heteroatoms. The summed E-state index contributed by atoms with van der Waals surface area (Å²) in [5.41, 5.74) is 5.60. The van der Waals surface area contributed by atoms with Crippen molar-refractivity contribution in [1.82, 2.24) is 28.0 Å². The molecule has 6 rings (SSSR count). The molecule has 0 unspecified atom stereocenters. The highest BCUT2D eigenvalue weighted by Crippen LogP contribution is 2.31. The minimum Gasteiger partial charge on any atom is -0.349 e. The fourth-order valence-corrected chi connectivity index (χ4v) is 5.64. The molecular weight excluding hydrogens is 500 g/mol. The monoisotopic (exact) mass is 526 g/mol. The zero-order valence-corrected chi connectivity index (χ0v) is 22.0. The van der Waals surface area contributed by atoms with Crippen molar-refractivity contribution in [1.29, 1.82) is 0 Å². The summed E-state index contributed by atoms with van der Waals surface area (Å²) in [6.45, 7) is 0.712. The lowest BCUT2D eigenvalue weighted by molar-refractivity contribution is 0.588. The normalized spacial score (nSPS) is 12.1. The summed E-state index contributed by atoms with van der Waals surface area (Å²) in [4.78, 5) is 17.6. The summed E-state index contributed by atoms with van der Waals surface area (Å²) < 4.78 is 34.9. The fraction of sp³-hybridized carbons (Fsp3) is 0.143. The summed E-state index contributed by atoms with van der Waals surface area (Å²) in [5.74, 6) is 0.672. The van der Waals surface area contributed by atoms with Gasteiger partial charge in [0.05, 0.1) is 27.0 Å². The van der Waals surface area contributed by atoms with Crippen molar-refractivity contribution >= 4 is 32.1 Å². The zero-order valence-electron chi connectivity index (χ0n) is 21.2. The van der Waals surface area contributed by atoms with Crippen LogP contribution in [0.1, 0.15) is 5.56 Å². The lowest BCUT2D eigenvalue weighted by atomic mass is 10.2. The van der Waals surface area contributed by atoms with E-state index in [0.29, 0.717) is 23.4 Å². The largest absolute Gasteiger partial charge is 0.349 e. The van der Waals surface area contributed by atoms with Crippen LogP contribution in [-0.2, 0) is 30.7 Å². The van der Waals surface area contributed by atoms with Crippen LogP contribution in [-0.4, -0.2) is 38.7 Å². The van der Waals surface area contributed by atoms with E-state index in [4.69, 9.17) is 4.98 Å². The minimum absolute atomic E-state index is 0.117. The highest BCUT2D eigenvalue weighted by atomic mass is 32.2. The number of aryl methyl sites for hydroxylation is 2. The molecule has 0 saturated carbocycles. The van der Waals surface area contributed by atoms with E-state index in [9.17, 15) is 13.2 Å². The zero-order chi connectivity index (χ0) is 26.6. The van der Waals surface area contributed by atoms with Crippen molar-refractivity contribution in [2.24, 2.45) is 14.1 Å². The van der Waals surface area contributed by atoms with Crippen molar-refractivity contribution in [2.75, 3.05) is 7.05 Å². The Balaban J connectivity index is 1.58. The van der Waals surface area contributed by atoms with Crippen LogP contribution in [0.5, 0.6) is 0 Å². The minimum atomic E-state index is -3.66. The van der Waals surface area contributed by atoms with E-state index in [1.54, 1.807) is 41.4 Å². The topological polar surface area (TPSA) is 95.8 Å². The molecule has 3 aromatic heterocycles. The van der Waals surface area contributed by atoms with Crippen LogP contribution >= 0.6 is 0 Å². The molecular formula is C28H26N6O3S. The van der Waals surface area contributed by atoms with Crippen LogP contribution in [0.25, 0.3) is 39.1 Å². The SMILES string of the molecule is CNS(=O)(=O)c1ccc2nc(-c3ccn(Cc4ccccc4)c3)n(-c3ccc4c(c3)n(C)c(=O)n4C)c2c1. The summed E-state index contributed by atoms with van der Waals surface area (Å²) in [6.07, 6.45) is 4.04. The van der Waals surface area contributed by atoms with Crippen molar-refractivity contribution < 1.29 is 8.42 Å². The van der Waals surface area contributed by atoms with Crippen LogP contribution < -0.4 is 10.4 Å². The molecule has 0 aliphatic carbocycles. The molecule has 0 fully saturated rings. The average molecular weight is 527 g/mol. The number of hydrogen-bond donors (Lipinski definition) is 1. The number of benzene rings is 3. The van der Waals surface area contributed by atoms with Gasteiger partial charge < -0.3 is 4.57 Å². The van der Waals surface area contributed by atoms with Crippen molar-refractivity contribution in [3.8, 4) is 17.1 Å². The molecule has 0 atom stereocenters. The molecule has 0 amide bonds. The Labute approximate surface area is 219 Å². The maximum atomic E-state index is 12.6. The molecule has 0 spiro atoms. The van der Waals surface area contributed by atoms with Gasteiger partial charge in [-0.1, -0.05) is 30.3 Å². The van der Waals surface area contributed by atoms with Gasteiger partial charge in [0, 0.05) is 44.3 Å². The molecule has 0 aliphatic heterocycles. The first-order chi connectivity index (χ1) is 18.3. The molecule has 0 saturated heterocycles. The van der Waals surface area contributed by atoms with E-state index in [0.717, 1.165) is 22.3 Å². The van der Waals surface area contributed by atoms with Crippen molar-refractivity contribution in [2.45, 2.75) is 11.4 Å². The van der Waals surface area contributed by atoms with E-state index >= 15 is 0 Å². The lowest BCUT2D eigenvalue weighted by Gasteiger charge is -2.11. The summed E-state index contributed by atoms with van der Waals surface area (Å²) >= 11 is 0. The number of hydrogen-bond acceptors (Lipinski definition) is 4. The molecule has 1 N–H and O–H groups in total. The van der Waals surface area contributed by atoms with Gasteiger partial charge in [-0.2, -0.15) is 0 Å². The predicted octanol–water partition coefficient (Wildman–Crippen LogP) is 3.64. The van der Waals surface area contributed by atoms with Crippen molar-refractivity contribution in [3.63, 3.8) is 0 Å². The molecule has 6 aromatic rings. The Morgan fingerprint density at radius 3 is 2.39 bits per heavy atom. The fourth-order valence-electron chi connectivity index (χ4n) is 4.89. The second-order valence-electron chi connectivity index (χ2n) is 9.26. The number of imidazole rings is 2. The summed E-state index contributed by atoms with van der Waals surface area (Å²) in [6, 6.07) is 22.9. The summed E-state index contributed by atoms with van der Waals surface area (Å²) in [7, 11) is 1.21. The Hall–Kier alpha value is -4.41. The maximum absolute atomic E-state index is 12.6. The number of sulfonamides is 1. The summed E-state index contributed by atoms with van der Waals surface area (Å²) in [5, 5.41) is 0. The maximum Gasteiger partial charge on any atom is 0.328 e. The van der Waals surface area contributed by atoms with Crippen LogP contribution in [0.15, 0.2) is 94.9 Å². The Bertz CT molecular complexity index is 2000. The van der Waals surface area contributed by atoms with Crippen LogP contribution in [0.4, 0.5) is 0 Å². The Morgan fingerprint density at radius 1 is 0.868 bits per heavy atom. The number of rotatable bonds is 6. The van der Waals surface area contributed by atoms with Crippen LogP contribution in [0.3, 0.4) is 0 Å². The molecule has 0 bridgehead atoms. The van der Waals surface area contributed by atoms with Gasteiger partial charge in [0.15, 0.2) is 0 Å². The van der Waals surface area contributed by atoms with Gasteiger partial charge in [0.25, 0.3) is 0 Å². The average Bonchev–Trinajstić information content (AvgIpc) is 3.61. The highest BCUT2D eigenvalue weighted by Gasteiger charge is 2.20. The molecule has 9 nitrogen and oxygen atoms in total. The molecule has 3 heterocycles. The molecule has 192 valence electrons.